The summed E-state index contributed by atoms with van der Waals surface area (Å²) in [6.07, 6.45) is 1.75. The van der Waals surface area contributed by atoms with E-state index < -0.39 is 0 Å². The van der Waals surface area contributed by atoms with E-state index in [4.69, 9.17) is 16.3 Å². The Kier molecular flexibility index (Phi) is 6.33. The predicted molar refractivity (Wildman–Crippen MR) is 119 cm³/mol. The molecule has 2 aromatic rings. The molecule has 0 aromatic heterocycles. The number of hydrogen-bond donors (Lipinski definition) is 2. The summed E-state index contributed by atoms with van der Waals surface area (Å²) in [6, 6.07) is 8.96. The number of carbonyl (C=O) groups excluding carboxylic acids is 1. The Morgan fingerprint density at radius 2 is 2.19 bits per heavy atom. The van der Waals surface area contributed by atoms with Gasteiger partial charge in [0.15, 0.2) is 16.7 Å². The Balaban J connectivity index is 1.90. The van der Waals surface area contributed by atoms with E-state index in [1.807, 2.05) is 48.6 Å². The number of phenolic OH excluding ortho intramolecular Hbond substituents is 1. The van der Waals surface area contributed by atoms with E-state index in [9.17, 15) is 9.90 Å². The predicted octanol–water partition coefficient (Wildman–Crippen LogP) is 5.25. The summed E-state index contributed by atoms with van der Waals surface area (Å²) in [5.41, 5.74) is 2.33. The minimum Gasteiger partial charge on any atom is -0.504 e. The molecule has 0 atom stereocenters. The van der Waals surface area contributed by atoms with E-state index in [-0.39, 0.29) is 11.7 Å². The molecule has 1 fully saturated rings. The third kappa shape index (κ3) is 4.59. The number of ether oxygens (including phenoxy) is 1. The summed E-state index contributed by atoms with van der Waals surface area (Å²) in [5, 5.41) is 13.9. The Labute approximate surface area is 180 Å². The van der Waals surface area contributed by atoms with Crippen molar-refractivity contribution in [1.29, 1.82) is 0 Å². The highest BCUT2D eigenvalue weighted by Crippen LogP contribution is 2.35. The van der Waals surface area contributed by atoms with Gasteiger partial charge in [-0.1, -0.05) is 17.7 Å². The summed E-state index contributed by atoms with van der Waals surface area (Å²) in [4.78, 5) is 17.3. The fourth-order valence-corrected chi connectivity index (χ4v) is 4.03. The molecule has 8 heteroatoms. The maximum Gasteiger partial charge on any atom is 0.264 e. The van der Waals surface area contributed by atoms with Crippen LogP contribution >= 0.6 is 46.0 Å². The lowest BCUT2D eigenvalue weighted by Crippen LogP contribution is -2.19. The Morgan fingerprint density at radius 3 is 2.93 bits per heavy atom. The second-order valence-electron chi connectivity index (χ2n) is 5.65. The van der Waals surface area contributed by atoms with Gasteiger partial charge in [0.1, 0.15) is 0 Å². The van der Waals surface area contributed by atoms with Crippen LogP contribution in [0, 0.1) is 10.5 Å². The third-order valence-corrected chi connectivity index (χ3v) is 5.90. The Bertz CT molecular complexity index is 976. The maximum atomic E-state index is 12.3. The van der Waals surface area contributed by atoms with Gasteiger partial charge in [-0.25, -0.2) is 4.99 Å². The molecule has 5 nitrogen and oxygen atoms in total. The minimum atomic E-state index is -0.223. The highest BCUT2D eigenvalue weighted by Gasteiger charge is 2.24. The number of aromatic hydroxyl groups is 1. The molecule has 27 heavy (non-hydrogen) atoms. The van der Waals surface area contributed by atoms with Crippen LogP contribution < -0.4 is 10.1 Å². The average Bonchev–Trinajstić information content (AvgIpc) is 2.96. The zero-order valence-electron chi connectivity index (χ0n) is 14.5. The van der Waals surface area contributed by atoms with Gasteiger partial charge in [-0.05, 0) is 89.7 Å². The molecule has 0 radical (unpaired) electrons. The SMILES string of the molecule is CCOc1cc(/C=C2/SC(=Nc3cccc(Cl)c3C)NC2=O)cc(I)c1O. The van der Waals surface area contributed by atoms with Crippen LogP contribution in [0.3, 0.4) is 0 Å². The number of rotatable bonds is 4. The standard InChI is InChI=1S/C19H16ClIN2O3S/c1-3-26-15-8-11(7-13(21)17(15)24)9-16-18(25)23-19(27-16)22-14-6-4-5-12(20)10(14)2/h4-9,24H,3H2,1-2H3,(H,22,23,25)/b16-9+. The molecule has 2 aromatic carbocycles. The Morgan fingerprint density at radius 1 is 1.41 bits per heavy atom. The highest BCUT2D eigenvalue weighted by atomic mass is 127. The number of halogens is 2. The lowest BCUT2D eigenvalue weighted by atomic mass is 10.2. The van der Waals surface area contributed by atoms with Gasteiger partial charge in [0.05, 0.1) is 20.8 Å². The van der Waals surface area contributed by atoms with Crippen LogP contribution in [-0.2, 0) is 4.79 Å². The molecule has 0 saturated carbocycles. The molecule has 0 aliphatic carbocycles. The van der Waals surface area contributed by atoms with Crippen molar-refractivity contribution < 1.29 is 14.6 Å². The quantitative estimate of drug-likeness (QED) is 0.432. The van der Waals surface area contributed by atoms with Crippen molar-refractivity contribution in [3.05, 3.63) is 55.0 Å². The van der Waals surface area contributed by atoms with E-state index in [1.54, 1.807) is 24.3 Å². The number of amidine groups is 1. The lowest BCUT2D eigenvalue weighted by molar-refractivity contribution is -0.115. The zero-order valence-corrected chi connectivity index (χ0v) is 18.3. The number of carbonyl (C=O) groups is 1. The van der Waals surface area contributed by atoms with Crippen molar-refractivity contribution >= 4 is 68.8 Å². The van der Waals surface area contributed by atoms with Crippen LogP contribution in [-0.4, -0.2) is 22.8 Å². The molecule has 2 N–H and O–H groups in total. The molecular formula is C19H16ClIN2O3S. The molecular weight excluding hydrogens is 499 g/mol. The van der Waals surface area contributed by atoms with Crippen molar-refractivity contribution in [2.24, 2.45) is 4.99 Å². The van der Waals surface area contributed by atoms with Crippen molar-refractivity contribution in [3.63, 3.8) is 0 Å². The molecule has 0 spiro atoms. The first kappa shape index (κ1) is 20.0. The van der Waals surface area contributed by atoms with Gasteiger partial charge < -0.3 is 15.2 Å². The molecule has 3 rings (SSSR count). The largest absolute Gasteiger partial charge is 0.504 e. The molecule has 1 aliphatic heterocycles. The van der Waals surface area contributed by atoms with Gasteiger partial charge in [-0.15, -0.1) is 0 Å². The van der Waals surface area contributed by atoms with Gasteiger partial charge in [-0.3, -0.25) is 4.79 Å². The maximum absolute atomic E-state index is 12.3. The van der Waals surface area contributed by atoms with E-state index >= 15 is 0 Å². The van der Waals surface area contributed by atoms with Crippen molar-refractivity contribution in [2.45, 2.75) is 13.8 Å². The average molecular weight is 515 g/mol. The van der Waals surface area contributed by atoms with Crippen molar-refractivity contribution in [1.82, 2.24) is 5.32 Å². The van der Waals surface area contributed by atoms with Crippen LogP contribution in [0.5, 0.6) is 11.5 Å². The molecule has 1 aliphatic rings. The van der Waals surface area contributed by atoms with Crippen molar-refractivity contribution in [3.8, 4) is 11.5 Å². The normalized spacial score (nSPS) is 16.8. The molecule has 1 amide bonds. The first-order valence-electron chi connectivity index (χ1n) is 8.09. The third-order valence-electron chi connectivity index (χ3n) is 3.76. The van der Waals surface area contributed by atoms with E-state index in [0.717, 1.165) is 11.1 Å². The fraction of sp³-hybridized carbons (Fsp3) is 0.158. The highest BCUT2D eigenvalue weighted by molar-refractivity contribution is 14.1. The topological polar surface area (TPSA) is 70.9 Å². The number of phenols is 1. The smallest absolute Gasteiger partial charge is 0.264 e. The monoisotopic (exact) mass is 514 g/mol. The number of nitrogens with one attached hydrogen (secondary N) is 1. The molecule has 0 unspecified atom stereocenters. The van der Waals surface area contributed by atoms with E-state index in [2.05, 4.69) is 10.3 Å². The van der Waals surface area contributed by atoms with Crippen LogP contribution in [0.1, 0.15) is 18.1 Å². The van der Waals surface area contributed by atoms with Crippen LogP contribution in [0.15, 0.2) is 40.2 Å². The molecule has 1 saturated heterocycles. The van der Waals surface area contributed by atoms with Crippen LogP contribution in [0.4, 0.5) is 5.69 Å². The molecule has 140 valence electrons. The van der Waals surface area contributed by atoms with Gasteiger partial charge in [-0.2, -0.15) is 0 Å². The summed E-state index contributed by atoms with van der Waals surface area (Å²) >= 11 is 9.41. The van der Waals surface area contributed by atoms with Gasteiger partial charge >= 0.3 is 0 Å². The van der Waals surface area contributed by atoms with Crippen LogP contribution in [0.25, 0.3) is 6.08 Å². The summed E-state index contributed by atoms with van der Waals surface area (Å²) in [6.45, 7) is 4.17. The number of amides is 1. The number of hydrogen-bond acceptors (Lipinski definition) is 5. The van der Waals surface area contributed by atoms with Gasteiger partial charge in [0.2, 0.25) is 0 Å². The van der Waals surface area contributed by atoms with E-state index in [1.165, 1.54) is 11.8 Å². The Hall–Kier alpha value is -1.71. The summed E-state index contributed by atoms with van der Waals surface area (Å²) < 4.78 is 6.10. The molecule has 1 heterocycles. The van der Waals surface area contributed by atoms with Gasteiger partial charge in [0.25, 0.3) is 5.91 Å². The number of nitrogens with zero attached hydrogens (tertiary/aromatic N) is 1. The zero-order chi connectivity index (χ0) is 19.6. The lowest BCUT2D eigenvalue weighted by Gasteiger charge is -2.08. The second kappa shape index (κ2) is 8.53. The second-order valence-corrected chi connectivity index (χ2v) is 8.25. The summed E-state index contributed by atoms with van der Waals surface area (Å²) in [5.74, 6) is 0.268. The fourth-order valence-electron chi connectivity index (χ4n) is 2.40. The molecule has 0 bridgehead atoms. The first-order chi connectivity index (χ1) is 12.9. The van der Waals surface area contributed by atoms with Crippen molar-refractivity contribution in [2.75, 3.05) is 6.61 Å². The van der Waals surface area contributed by atoms with Crippen LogP contribution in [0.2, 0.25) is 5.02 Å². The number of aliphatic imine (C=N–C) groups is 1. The number of benzene rings is 2. The minimum absolute atomic E-state index is 0.0989. The number of thioether (sulfide) groups is 1. The van der Waals surface area contributed by atoms with E-state index in [0.29, 0.717) is 36.7 Å². The summed E-state index contributed by atoms with van der Waals surface area (Å²) in [7, 11) is 0. The van der Waals surface area contributed by atoms with Gasteiger partial charge in [0, 0.05) is 5.02 Å². The first-order valence-corrected chi connectivity index (χ1v) is 10.4.